The molecule has 0 saturated heterocycles. The lowest BCUT2D eigenvalue weighted by molar-refractivity contribution is 0.498. The molecule has 0 saturated carbocycles. The zero-order valence-electron chi connectivity index (χ0n) is 20.0. The molecule has 0 aliphatic rings. The van der Waals surface area contributed by atoms with Gasteiger partial charge in [-0.2, -0.15) is 5.10 Å². The minimum Gasteiger partial charge on any atom is -0.278 e. The Labute approximate surface area is 216 Å². The number of halogens is 2. The fraction of sp³-hybridized carbons (Fsp3) is 0.259. The van der Waals surface area contributed by atoms with Crippen LogP contribution in [0.25, 0.3) is 22.0 Å². The van der Waals surface area contributed by atoms with Crippen molar-refractivity contribution in [3.63, 3.8) is 0 Å². The SMILES string of the molecule is C/C=N\C(C(C)Cc1c2cccc(-c3ccc(Cl)cc3Cl)c2nn1C)S(=O)(=O)c1ccc(C)cc1. The Balaban J connectivity index is 1.74. The summed E-state index contributed by atoms with van der Waals surface area (Å²) in [6.45, 7) is 5.59. The largest absolute Gasteiger partial charge is 0.278 e. The molecule has 0 radical (unpaired) electrons. The highest BCUT2D eigenvalue weighted by Crippen LogP contribution is 2.36. The summed E-state index contributed by atoms with van der Waals surface area (Å²) in [5, 5.41) is 5.94. The second kappa shape index (κ2) is 10.1. The van der Waals surface area contributed by atoms with E-state index in [1.807, 2.05) is 62.0 Å². The molecule has 0 aliphatic carbocycles. The van der Waals surface area contributed by atoms with Gasteiger partial charge in [-0.3, -0.25) is 9.67 Å². The van der Waals surface area contributed by atoms with E-state index < -0.39 is 15.2 Å². The van der Waals surface area contributed by atoms with Crippen molar-refractivity contribution in [3.8, 4) is 11.1 Å². The summed E-state index contributed by atoms with van der Waals surface area (Å²) in [7, 11) is -1.79. The van der Waals surface area contributed by atoms with Crippen LogP contribution >= 0.6 is 23.2 Å². The standard InChI is InChI=1S/C27H27Cl2N3O2S/c1-5-30-27(35(33,34)20-12-9-17(2)10-13-20)18(3)15-25-23-8-6-7-22(26(23)31-32(25)4)21-14-11-19(28)16-24(21)29/h5-14,16,18,27H,15H2,1-4H3/b30-5-. The Kier molecular flexibility index (Phi) is 7.36. The molecule has 1 aromatic heterocycles. The number of hydrogen-bond acceptors (Lipinski definition) is 4. The molecule has 2 atom stereocenters. The molecule has 8 heteroatoms. The van der Waals surface area contributed by atoms with Crippen LogP contribution in [0.2, 0.25) is 10.0 Å². The Morgan fingerprint density at radius 3 is 2.43 bits per heavy atom. The van der Waals surface area contributed by atoms with Crippen molar-refractivity contribution in [2.24, 2.45) is 18.0 Å². The van der Waals surface area contributed by atoms with Crippen LogP contribution in [0.5, 0.6) is 0 Å². The molecular weight excluding hydrogens is 501 g/mol. The van der Waals surface area contributed by atoms with E-state index in [0.29, 0.717) is 16.5 Å². The third-order valence-electron chi connectivity index (χ3n) is 6.17. The number of sulfone groups is 1. The van der Waals surface area contributed by atoms with Crippen molar-refractivity contribution in [2.75, 3.05) is 0 Å². The molecule has 4 aromatic rings. The van der Waals surface area contributed by atoms with Crippen LogP contribution in [0.3, 0.4) is 0 Å². The van der Waals surface area contributed by atoms with Gasteiger partial charge in [-0.15, -0.1) is 0 Å². The van der Waals surface area contributed by atoms with Gasteiger partial charge < -0.3 is 0 Å². The second-order valence-corrected chi connectivity index (χ2v) is 11.6. The fourth-order valence-electron chi connectivity index (χ4n) is 4.39. The normalized spacial score (nSPS) is 14.0. The van der Waals surface area contributed by atoms with Crippen molar-refractivity contribution in [1.29, 1.82) is 0 Å². The summed E-state index contributed by atoms with van der Waals surface area (Å²) in [6, 6.07) is 18.3. The second-order valence-electron chi connectivity index (χ2n) is 8.73. The zero-order chi connectivity index (χ0) is 25.3. The van der Waals surface area contributed by atoms with E-state index in [1.54, 1.807) is 37.4 Å². The monoisotopic (exact) mass is 527 g/mol. The Bertz CT molecular complexity index is 1510. The van der Waals surface area contributed by atoms with Crippen LogP contribution in [0.1, 0.15) is 25.1 Å². The van der Waals surface area contributed by atoms with Crippen LogP contribution < -0.4 is 0 Å². The third-order valence-corrected chi connectivity index (χ3v) is 8.87. The average molecular weight is 529 g/mol. The van der Waals surface area contributed by atoms with Gasteiger partial charge in [-0.25, -0.2) is 8.42 Å². The molecule has 35 heavy (non-hydrogen) atoms. The molecule has 182 valence electrons. The number of benzene rings is 3. The first-order valence-electron chi connectivity index (χ1n) is 11.3. The molecule has 2 unspecified atom stereocenters. The van der Waals surface area contributed by atoms with E-state index >= 15 is 0 Å². The van der Waals surface area contributed by atoms with Crippen LogP contribution in [-0.2, 0) is 23.3 Å². The summed E-state index contributed by atoms with van der Waals surface area (Å²) in [5.41, 5.74) is 4.49. The maximum atomic E-state index is 13.5. The van der Waals surface area contributed by atoms with E-state index in [2.05, 4.69) is 4.99 Å². The van der Waals surface area contributed by atoms with Crippen molar-refractivity contribution in [1.82, 2.24) is 9.78 Å². The molecule has 1 heterocycles. The van der Waals surface area contributed by atoms with Crippen molar-refractivity contribution < 1.29 is 8.42 Å². The van der Waals surface area contributed by atoms with E-state index in [4.69, 9.17) is 28.3 Å². The average Bonchev–Trinajstić information content (AvgIpc) is 3.13. The van der Waals surface area contributed by atoms with E-state index in [1.165, 1.54) is 0 Å². The lowest BCUT2D eigenvalue weighted by Crippen LogP contribution is -2.29. The van der Waals surface area contributed by atoms with E-state index in [-0.39, 0.29) is 10.8 Å². The first-order valence-corrected chi connectivity index (χ1v) is 13.6. The highest BCUT2D eigenvalue weighted by Gasteiger charge is 2.32. The molecule has 0 fully saturated rings. The smallest absolute Gasteiger partial charge is 0.201 e. The van der Waals surface area contributed by atoms with E-state index in [9.17, 15) is 8.42 Å². The van der Waals surface area contributed by atoms with Gasteiger partial charge in [0.2, 0.25) is 9.84 Å². The molecule has 4 rings (SSSR count). The number of fused-ring (bicyclic) bond motifs is 1. The summed E-state index contributed by atoms with van der Waals surface area (Å²) in [5.74, 6) is -0.293. The minimum absolute atomic E-state index is 0.278. The first-order chi connectivity index (χ1) is 16.6. The van der Waals surface area contributed by atoms with E-state index in [0.717, 1.165) is 33.3 Å². The maximum absolute atomic E-state index is 13.5. The summed E-state index contributed by atoms with van der Waals surface area (Å²) in [4.78, 5) is 4.68. The lowest BCUT2D eigenvalue weighted by Gasteiger charge is -2.21. The molecule has 0 N–H and O–H groups in total. The van der Waals surface area contributed by atoms with Crippen LogP contribution in [0, 0.1) is 12.8 Å². The first kappa shape index (κ1) is 25.4. The van der Waals surface area contributed by atoms with Crippen LogP contribution in [0.4, 0.5) is 0 Å². The highest BCUT2D eigenvalue weighted by atomic mass is 35.5. The number of aromatic nitrogens is 2. The molecule has 5 nitrogen and oxygen atoms in total. The van der Waals surface area contributed by atoms with Crippen LogP contribution in [-0.4, -0.2) is 29.8 Å². The van der Waals surface area contributed by atoms with Gasteiger partial charge in [-0.1, -0.05) is 72.1 Å². The minimum atomic E-state index is -3.67. The van der Waals surface area contributed by atoms with Crippen molar-refractivity contribution in [3.05, 3.63) is 82.0 Å². The number of nitrogens with zero attached hydrogens (tertiary/aromatic N) is 3. The predicted octanol–water partition coefficient (Wildman–Crippen LogP) is 6.92. The summed E-state index contributed by atoms with van der Waals surface area (Å²) >= 11 is 12.6. The maximum Gasteiger partial charge on any atom is 0.201 e. The summed E-state index contributed by atoms with van der Waals surface area (Å²) < 4.78 is 28.8. The number of aryl methyl sites for hydroxylation is 2. The van der Waals surface area contributed by atoms with Gasteiger partial charge in [0.15, 0.2) is 5.37 Å². The van der Waals surface area contributed by atoms with Gasteiger partial charge >= 0.3 is 0 Å². The van der Waals surface area contributed by atoms with Crippen molar-refractivity contribution >= 4 is 50.2 Å². The quantitative estimate of drug-likeness (QED) is 0.245. The van der Waals surface area contributed by atoms with Crippen LogP contribution in [0.15, 0.2) is 70.6 Å². The Hall–Kier alpha value is -2.67. The molecule has 0 amide bonds. The lowest BCUT2D eigenvalue weighted by atomic mass is 9.99. The molecule has 0 aliphatic heterocycles. The number of hydrogen-bond donors (Lipinski definition) is 0. The number of aliphatic imine (C=N–C) groups is 1. The van der Waals surface area contributed by atoms with Gasteiger partial charge in [0.05, 0.1) is 4.90 Å². The molecule has 0 spiro atoms. The topological polar surface area (TPSA) is 64.3 Å². The van der Waals surface area contributed by atoms with Gasteiger partial charge in [0.25, 0.3) is 0 Å². The molecular formula is C27H27Cl2N3O2S. The van der Waals surface area contributed by atoms with Crippen molar-refractivity contribution in [2.45, 2.75) is 37.5 Å². The Morgan fingerprint density at radius 1 is 1.06 bits per heavy atom. The highest BCUT2D eigenvalue weighted by molar-refractivity contribution is 7.92. The Morgan fingerprint density at radius 2 is 1.77 bits per heavy atom. The molecule has 3 aromatic carbocycles. The molecule has 0 bridgehead atoms. The van der Waals surface area contributed by atoms with Gasteiger partial charge in [0.1, 0.15) is 5.52 Å². The number of rotatable bonds is 7. The predicted molar refractivity (Wildman–Crippen MR) is 145 cm³/mol. The van der Waals surface area contributed by atoms with Gasteiger partial charge in [-0.05, 0) is 56.7 Å². The summed E-state index contributed by atoms with van der Waals surface area (Å²) in [6.07, 6.45) is 2.05. The third kappa shape index (κ3) is 5.01. The van der Waals surface area contributed by atoms with Gasteiger partial charge in [0, 0.05) is 39.3 Å². The zero-order valence-corrected chi connectivity index (χ0v) is 22.4. The fourth-order valence-corrected chi connectivity index (χ4v) is 6.68.